The van der Waals surface area contributed by atoms with Crippen LogP contribution >= 0.6 is 11.3 Å². The third kappa shape index (κ3) is 4.53. The van der Waals surface area contributed by atoms with Crippen molar-refractivity contribution < 1.29 is 0 Å². The van der Waals surface area contributed by atoms with Gasteiger partial charge in [-0.15, -0.1) is 11.3 Å². The maximum atomic E-state index is 4.96. The summed E-state index contributed by atoms with van der Waals surface area (Å²) in [7, 11) is 0. The second-order valence-electron chi connectivity index (χ2n) is 10.3. The molecule has 39 heavy (non-hydrogen) atoms. The summed E-state index contributed by atoms with van der Waals surface area (Å²) in [4.78, 5) is 24.6. The SMILES string of the molecule is C=C(C)c1ccc(-c2nccc3[nH]c(-c4n[nH]c5cnc(-c6cncc(CC7CCNCC7)c6)cc45)nc23)s1. The van der Waals surface area contributed by atoms with Gasteiger partial charge < -0.3 is 10.3 Å². The van der Waals surface area contributed by atoms with Crippen molar-refractivity contribution in [2.75, 3.05) is 13.1 Å². The molecule has 194 valence electrons. The highest BCUT2D eigenvalue weighted by Gasteiger charge is 2.18. The first kappa shape index (κ1) is 23.9. The van der Waals surface area contributed by atoms with Crippen LogP contribution in [0.2, 0.25) is 0 Å². The van der Waals surface area contributed by atoms with Crippen molar-refractivity contribution in [1.82, 2.24) is 40.4 Å². The van der Waals surface area contributed by atoms with E-state index < -0.39 is 0 Å². The Kier molecular flexibility index (Phi) is 6.02. The minimum absolute atomic E-state index is 0.692. The highest BCUT2D eigenvalue weighted by molar-refractivity contribution is 7.16. The number of piperidine rings is 1. The van der Waals surface area contributed by atoms with Crippen molar-refractivity contribution in [3.8, 4) is 33.3 Å². The smallest absolute Gasteiger partial charge is 0.159 e. The van der Waals surface area contributed by atoms with E-state index in [2.05, 4.69) is 61.3 Å². The van der Waals surface area contributed by atoms with Crippen LogP contribution in [0.4, 0.5) is 0 Å². The summed E-state index contributed by atoms with van der Waals surface area (Å²) < 4.78 is 0. The first-order valence-electron chi connectivity index (χ1n) is 13.2. The number of hydrogen-bond donors (Lipinski definition) is 3. The monoisotopic (exact) mass is 532 g/mol. The molecule has 1 fully saturated rings. The number of pyridine rings is 3. The highest BCUT2D eigenvalue weighted by atomic mass is 32.1. The maximum absolute atomic E-state index is 4.96. The summed E-state index contributed by atoms with van der Waals surface area (Å²) in [6.07, 6.45) is 11.0. The Balaban J connectivity index is 1.25. The Hall–Kier alpha value is -4.21. The summed E-state index contributed by atoms with van der Waals surface area (Å²) in [6.45, 7) is 8.28. The van der Waals surface area contributed by atoms with Crippen molar-refractivity contribution in [2.24, 2.45) is 5.92 Å². The molecule has 8 nitrogen and oxygen atoms in total. The lowest BCUT2D eigenvalue weighted by Gasteiger charge is -2.22. The number of thiophene rings is 1. The van der Waals surface area contributed by atoms with Gasteiger partial charge in [0, 0.05) is 34.4 Å². The van der Waals surface area contributed by atoms with Crippen LogP contribution in [-0.4, -0.2) is 48.2 Å². The number of nitrogens with zero attached hydrogens (tertiary/aromatic N) is 5. The topological polar surface area (TPSA) is 108 Å². The third-order valence-corrected chi connectivity index (χ3v) is 8.66. The predicted octanol–water partition coefficient (Wildman–Crippen LogP) is 6.26. The largest absolute Gasteiger partial charge is 0.336 e. The van der Waals surface area contributed by atoms with Gasteiger partial charge in [-0.25, -0.2) is 4.98 Å². The molecule has 0 unspecified atom stereocenters. The van der Waals surface area contributed by atoms with Gasteiger partial charge in [-0.1, -0.05) is 6.58 Å². The Morgan fingerprint density at radius 1 is 1.03 bits per heavy atom. The summed E-state index contributed by atoms with van der Waals surface area (Å²) in [5.41, 5.74) is 8.38. The number of nitrogens with one attached hydrogen (secondary N) is 3. The van der Waals surface area contributed by atoms with E-state index >= 15 is 0 Å². The second-order valence-corrected chi connectivity index (χ2v) is 11.3. The molecular weight excluding hydrogens is 504 g/mol. The summed E-state index contributed by atoms with van der Waals surface area (Å²) >= 11 is 1.67. The zero-order valence-electron chi connectivity index (χ0n) is 21.7. The molecule has 7 heterocycles. The molecule has 0 spiro atoms. The lowest BCUT2D eigenvalue weighted by molar-refractivity contribution is 0.372. The molecule has 6 aromatic rings. The second kappa shape index (κ2) is 9.83. The molecule has 0 radical (unpaired) electrons. The van der Waals surface area contributed by atoms with Crippen molar-refractivity contribution >= 4 is 38.8 Å². The predicted molar refractivity (Wildman–Crippen MR) is 157 cm³/mol. The lowest BCUT2D eigenvalue weighted by Crippen LogP contribution is -2.28. The van der Waals surface area contributed by atoms with E-state index in [-0.39, 0.29) is 0 Å². The number of aromatic amines is 2. The van der Waals surface area contributed by atoms with Gasteiger partial charge >= 0.3 is 0 Å². The number of fused-ring (bicyclic) bond motifs is 2. The van der Waals surface area contributed by atoms with Crippen molar-refractivity contribution in [1.29, 1.82) is 0 Å². The molecular formula is C30H28N8S. The standard InChI is InChI=1S/C30H28N8S/c1-17(2)25-3-4-26(39-25)29-28-22(7-10-33-29)35-30(36-28)27-21-13-23(34-16-24(21)37-38-27)20-12-19(14-32-15-20)11-18-5-8-31-9-6-18/h3-4,7,10,12-16,18,31H,1,5-6,8-9,11H2,2H3,(H,35,36)(H,37,38). The number of rotatable bonds is 6. The third-order valence-electron chi connectivity index (χ3n) is 7.41. The summed E-state index contributed by atoms with van der Waals surface area (Å²) in [5.74, 6) is 1.39. The van der Waals surface area contributed by atoms with Gasteiger partial charge in [0.15, 0.2) is 5.82 Å². The van der Waals surface area contributed by atoms with Crippen LogP contribution in [0.15, 0.2) is 61.7 Å². The summed E-state index contributed by atoms with van der Waals surface area (Å²) in [6, 6.07) is 10.4. The van der Waals surface area contributed by atoms with E-state index in [1.165, 1.54) is 18.4 Å². The van der Waals surface area contributed by atoms with Crippen LogP contribution in [0, 0.1) is 5.92 Å². The van der Waals surface area contributed by atoms with Crippen LogP contribution in [0.25, 0.3) is 60.9 Å². The van der Waals surface area contributed by atoms with Gasteiger partial charge in [0.1, 0.15) is 16.9 Å². The van der Waals surface area contributed by atoms with Gasteiger partial charge in [-0.3, -0.25) is 20.1 Å². The number of imidazole rings is 1. The Labute approximate surface area is 229 Å². The molecule has 1 aliphatic heterocycles. The van der Waals surface area contributed by atoms with E-state index in [9.17, 15) is 0 Å². The average Bonchev–Trinajstić information content (AvgIpc) is 3.71. The number of H-pyrrole nitrogens is 2. The van der Waals surface area contributed by atoms with E-state index in [0.29, 0.717) is 11.7 Å². The molecule has 1 saturated heterocycles. The first-order chi connectivity index (χ1) is 19.1. The van der Waals surface area contributed by atoms with Crippen LogP contribution in [0.5, 0.6) is 0 Å². The molecule has 0 amide bonds. The molecule has 3 N–H and O–H groups in total. The van der Waals surface area contributed by atoms with E-state index in [4.69, 9.17) is 9.97 Å². The van der Waals surface area contributed by atoms with Crippen LogP contribution < -0.4 is 5.32 Å². The average molecular weight is 533 g/mol. The van der Waals surface area contributed by atoms with Gasteiger partial charge in [-0.05, 0) is 86.7 Å². The van der Waals surface area contributed by atoms with Crippen LogP contribution in [0.3, 0.4) is 0 Å². The normalized spacial score (nSPS) is 14.4. The number of allylic oxidation sites excluding steroid dienone is 1. The van der Waals surface area contributed by atoms with Crippen molar-refractivity contribution in [2.45, 2.75) is 26.2 Å². The van der Waals surface area contributed by atoms with Gasteiger partial charge in [-0.2, -0.15) is 5.10 Å². The Morgan fingerprint density at radius 2 is 1.92 bits per heavy atom. The van der Waals surface area contributed by atoms with E-state index in [0.717, 1.165) is 79.4 Å². The fraction of sp³-hybridized carbons (Fsp3) is 0.233. The van der Waals surface area contributed by atoms with Crippen LogP contribution in [0.1, 0.15) is 30.2 Å². The Morgan fingerprint density at radius 3 is 2.77 bits per heavy atom. The van der Waals surface area contributed by atoms with Crippen molar-refractivity contribution in [3.05, 3.63) is 72.1 Å². The van der Waals surface area contributed by atoms with Crippen LogP contribution in [-0.2, 0) is 6.42 Å². The summed E-state index contributed by atoms with van der Waals surface area (Å²) in [5, 5.41) is 12.1. The number of hydrogen-bond acceptors (Lipinski definition) is 7. The highest BCUT2D eigenvalue weighted by Crippen LogP contribution is 2.35. The van der Waals surface area contributed by atoms with E-state index in [1.807, 2.05) is 37.8 Å². The molecule has 9 heteroatoms. The van der Waals surface area contributed by atoms with Gasteiger partial charge in [0.2, 0.25) is 0 Å². The molecule has 0 aromatic carbocycles. The fourth-order valence-corrected chi connectivity index (χ4v) is 6.27. The fourth-order valence-electron chi connectivity index (χ4n) is 5.34. The van der Waals surface area contributed by atoms with Gasteiger partial charge in [0.05, 0.1) is 27.8 Å². The lowest BCUT2D eigenvalue weighted by atomic mass is 9.91. The first-order valence-corrected chi connectivity index (χ1v) is 14.0. The Bertz CT molecular complexity index is 1820. The zero-order valence-corrected chi connectivity index (χ0v) is 22.5. The number of aromatic nitrogens is 7. The minimum atomic E-state index is 0.692. The minimum Gasteiger partial charge on any atom is -0.336 e. The van der Waals surface area contributed by atoms with Crippen molar-refractivity contribution in [3.63, 3.8) is 0 Å². The molecule has 7 rings (SSSR count). The molecule has 1 aliphatic rings. The molecule has 0 bridgehead atoms. The quantitative estimate of drug-likeness (QED) is 0.234. The zero-order chi connectivity index (χ0) is 26.3. The van der Waals surface area contributed by atoms with E-state index in [1.54, 1.807) is 11.3 Å². The van der Waals surface area contributed by atoms with Gasteiger partial charge in [0.25, 0.3) is 0 Å². The maximum Gasteiger partial charge on any atom is 0.159 e. The molecule has 0 aliphatic carbocycles. The molecule has 0 saturated carbocycles. The molecule has 0 atom stereocenters. The molecule has 6 aromatic heterocycles.